The fourth-order valence-electron chi connectivity index (χ4n) is 2.71. The fraction of sp³-hybridized carbons (Fsp3) is 0.368. The average molecular weight is 312 g/mol. The van der Waals surface area contributed by atoms with Crippen molar-refractivity contribution >= 4 is 5.69 Å². The van der Waals surface area contributed by atoms with Crippen molar-refractivity contribution in [3.8, 4) is 11.5 Å². The van der Waals surface area contributed by atoms with E-state index in [1.54, 1.807) is 0 Å². The predicted octanol–water partition coefficient (Wildman–Crippen LogP) is 3.07. The largest absolute Gasteiger partial charge is 0.492 e. The van der Waals surface area contributed by atoms with Gasteiger partial charge in [0.15, 0.2) is 0 Å². The molecule has 3 rings (SSSR count). The van der Waals surface area contributed by atoms with E-state index >= 15 is 0 Å². The number of anilines is 1. The zero-order valence-electron chi connectivity index (χ0n) is 13.6. The van der Waals surface area contributed by atoms with E-state index in [4.69, 9.17) is 9.47 Å². The molecule has 0 bridgehead atoms. The Morgan fingerprint density at radius 3 is 2.78 bits per heavy atom. The summed E-state index contributed by atoms with van der Waals surface area (Å²) in [5.74, 6) is 1.89. The third-order valence-corrected chi connectivity index (χ3v) is 3.96. The van der Waals surface area contributed by atoms with Gasteiger partial charge in [-0.3, -0.25) is 0 Å². The Morgan fingerprint density at radius 2 is 1.96 bits per heavy atom. The number of rotatable bonds is 7. The molecular formula is C19H24N2O2. The first-order valence-electron chi connectivity index (χ1n) is 8.26. The van der Waals surface area contributed by atoms with Crippen LogP contribution in [0.3, 0.4) is 0 Å². The van der Waals surface area contributed by atoms with Gasteiger partial charge in [0.1, 0.15) is 24.7 Å². The molecule has 4 nitrogen and oxygen atoms in total. The number of benzene rings is 2. The molecule has 0 saturated carbocycles. The normalized spacial score (nSPS) is 13.3. The molecule has 4 heteroatoms. The Hall–Kier alpha value is -2.20. The Kier molecular flexibility index (Phi) is 5.37. The Morgan fingerprint density at radius 1 is 1.13 bits per heavy atom. The number of hydrogen-bond acceptors (Lipinski definition) is 4. The maximum Gasteiger partial charge on any atom is 0.142 e. The number of hydrogen-bond donors (Lipinski definition) is 1. The van der Waals surface area contributed by atoms with E-state index < -0.39 is 0 Å². The highest BCUT2D eigenvalue weighted by Crippen LogP contribution is 2.30. The van der Waals surface area contributed by atoms with E-state index in [0.29, 0.717) is 6.61 Å². The summed E-state index contributed by atoms with van der Waals surface area (Å²) in [6.45, 7) is 7.17. The van der Waals surface area contributed by atoms with E-state index in [9.17, 15) is 0 Å². The number of ether oxygens (including phenoxy) is 2. The van der Waals surface area contributed by atoms with Gasteiger partial charge in [0, 0.05) is 6.54 Å². The first-order valence-corrected chi connectivity index (χ1v) is 8.26. The lowest BCUT2D eigenvalue weighted by molar-refractivity contribution is 0.288. The standard InChI is InChI=1S/C19H24N2O2/c1-2-20-15-16-7-9-17(10-8-16)22-13-11-21-12-14-23-19-6-4-3-5-18(19)21/h3-10,20H,2,11-15H2,1H3. The summed E-state index contributed by atoms with van der Waals surface area (Å²) >= 11 is 0. The minimum Gasteiger partial charge on any atom is -0.492 e. The number of nitrogens with zero attached hydrogens (tertiary/aromatic N) is 1. The molecule has 23 heavy (non-hydrogen) atoms. The quantitative estimate of drug-likeness (QED) is 0.852. The molecule has 0 spiro atoms. The third-order valence-electron chi connectivity index (χ3n) is 3.96. The van der Waals surface area contributed by atoms with E-state index in [1.807, 2.05) is 30.3 Å². The molecule has 0 aliphatic carbocycles. The van der Waals surface area contributed by atoms with Crippen molar-refractivity contribution in [2.75, 3.05) is 37.7 Å². The molecule has 0 unspecified atom stereocenters. The van der Waals surface area contributed by atoms with Crippen LogP contribution in [0, 0.1) is 0 Å². The van der Waals surface area contributed by atoms with Crippen LogP contribution < -0.4 is 19.7 Å². The van der Waals surface area contributed by atoms with E-state index in [-0.39, 0.29) is 0 Å². The van der Waals surface area contributed by atoms with Crippen LogP contribution in [0.15, 0.2) is 48.5 Å². The van der Waals surface area contributed by atoms with E-state index in [1.165, 1.54) is 5.56 Å². The smallest absolute Gasteiger partial charge is 0.142 e. The molecular weight excluding hydrogens is 288 g/mol. The molecule has 0 saturated heterocycles. The molecule has 2 aromatic rings. The lowest BCUT2D eigenvalue weighted by Crippen LogP contribution is -2.35. The van der Waals surface area contributed by atoms with Gasteiger partial charge >= 0.3 is 0 Å². The zero-order valence-corrected chi connectivity index (χ0v) is 13.6. The molecule has 0 fully saturated rings. The third kappa shape index (κ3) is 4.17. The van der Waals surface area contributed by atoms with E-state index in [0.717, 1.165) is 50.0 Å². The molecule has 0 aromatic heterocycles. The van der Waals surface area contributed by atoms with Gasteiger partial charge in [0.05, 0.1) is 18.8 Å². The maximum atomic E-state index is 5.88. The molecule has 0 atom stereocenters. The summed E-state index contributed by atoms with van der Waals surface area (Å²) in [6, 6.07) is 16.5. The summed E-state index contributed by atoms with van der Waals surface area (Å²) < 4.78 is 11.6. The van der Waals surface area contributed by atoms with Gasteiger partial charge in [0.25, 0.3) is 0 Å². The van der Waals surface area contributed by atoms with Gasteiger partial charge in [-0.05, 0) is 36.4 Å². The SMILES string of the molecule is CCNCc1ccc(OCCN2CCOc3ccccc32)cc1. The van der Waals surface area contributed by atoms with Gasteiger partial charge in [0.2, 0.25) is 0 Å². The van der Waals surface area contributed by atoms with Crippen LogP contribution in [0.4, 0.5) is 5.69 Å². The Labute approximate surface area is 138 Å². The maximum absolute atomic E-state index is 5.88. The van der Waals surface area contributed by atoms with Crippen LogP contribution in [0.1, 0.15) is 12.5 Å². The molecule has 0 amide bonds. The first-order chi connectivity index (χ1) is 11.4. The number of fused-ring (bicyclic) bond motifs is 1. The Bertz CT molecular complexity index is 613. The summed E-state index contributed by atoms with van der Waals surface area (Å²) in [6.07, 6.45) is 0. The van der Waals surface area contributed by atoms with Crippen molar-refractivity contribution in [1.29, 1.82) is 0 Å². The van der Waals surface area contributed by atoms with Crippen LogP contribution in [-0.4, -0.2) is 32.8 Å². The molecule has 0 radical (unpaired) electrons. The van der Waals surface area contributed by atoms with Gasteiger partial charge in [-0.1, -0.05) is 31.2 Å². The van der Waals surface area contributed by atoms with Crippen molar-refractivity contribution in [3.05, 3.63) is 54.1 Å². The topological polar surface area (TPSA) is 33.7 Å². The minimum absolute atomic E-state index is 0.668. The van der Waals surface area contributed by atoms with Crippen molar-refractivity contribution in [2.24, 2.45) is 0 Å². The lowest BCUT2D eigenvalue weighted by Gasteiger charge is -2.31. The molecule has 1 aliphatic heterocycles. The number of para-hydroxylation sites is 2. The molecule has 1 aliphatic rings. The van der Waals surface area contributed by atoms with Crippen LogP contribution >= 0.6 is 0 Å². The second-order valence-corrected chi connectivity index (χ2v) is 5.58. The summed E-state index contributed by atoms with van der Waals surface area (Å²) in [7, 11) is 0. The minimum atomic E-state index is 0.668. The highest BCUT2D eigenvalue weighted by Gasteiger charge is 2.16. The Balaban J connectivity index is 1.50. The van der Waals surface area contributed by atoms with Crippen molar-refractivity contribution in [1.82, 2.24) is 5.32 Å². The van der Waals surface area contributed by atoms with Crippen LogP contribution in [0.5, 0.6) is 11.5 Å². The molecule has 2 aromatic carbocycles. The van der Waals surface area contributed by atoms with Gasteiger partial charge in [-0.2, -0.15) is 0 Å². The first kappa shape index (κ1) is 15.7. The van der Waals surface area contributed by atoms with Crippen LogP contribution in [0.2, 0.25) is 0 Å². The monoisotopic (exact) mass is 312 g/mol. The van der Waals surface area contributed by atoms with Gasteiger partial charge in [-0.25, -0.2) is 0 Å². The molecule has 1 N–H and O–H groups in total. The second-order valence-electron chi connectivity index (χ2n) is 5.58. The van der Waals surface area contributed by atoms with Gasteiger partial charge in [-0.15, -0.1) is 0 Å². The number of nitrogens with one attached hydrogen (secondary N) is 1. The zero-order chi connectivity index (χ0) is 15.9. The highest BCUT2D eigenvalue weighted by molar-refractivity contribution is 5.59. The van der Waals surface area contributed by atoms with E-state index in [2.05, 4.69) is 35.3 Å². The van der Waals surface area contributed by atoms with Crippen molar-refractivity contribution < 1.29 is 9.47 Å². The fourth-order valence-corrected chi connectivity index (χ4v) is 2.71. The lowest BCUT2D eigenvalue weighted by atomic mass is 10.2. The average Bonchev–Trinajstić information content (AvgIpc) is 2.61. The van der Waals surface area contributed by atoms with Crippen LogP contribution in [-0.2, 0) is 6.54 Å². The predicted molar refractivity (Wildman–Crippen MR) is 93.5 cm³/mol. The van der Waals surface area contributed by atoms with Gasteiger partial charge < -0.3 is 19.7 Å². The van der Waals surface area contributed by atoms with Crippen molar-refractivity contribution in [3.63, 3.8) is 0 Å². The summed E-state index contributed by atoms with van der Waals surface area (Å²) in [5.41, 5.74) is 2.43. The van der Waals surface area contributed by atoms with Crippen LogP contribution in [0.25, 0.3) is 0 Å². The molecule has 122 valence electrons. The summed E-state index contributed by atoms with van der Waals surface area (Å²) in [5, 5.41) is 3.32. The highest BCUT2D eigenvalue weighted by atomic mass is 16.5. The second kappa shape index (κ2) is 7.88. The summed E-state index contributed by atoms with van der Waals surface area (Å²) in [4.78, 5) is 2.32. The van der Waals surface area contributed by atoms with Crippen molar-refractivity contribution in [2.45, 2.75) is 13.5 Å². The molecule has 1 heterocycles.